The van der Waals surface area contributed by atoms with Crippen molar-refractivity contribution in [2.75, 3.05) is 6.61 Å². The Morgan fingerprint density at radius 1 is 1.30 bits per heavy atom. The van der Waals surface area contributed by atoms with Gasteiger partial charge in [0.15, 0.2) is 6.61 Å². The van der Waals surface area contributed by atoms with E-state index in [1.807, 2.05) is 19.1 Å². The van der Waals surface area contributed by atoms with Gasteiger partial charge in [-0.1, -0.05) is 37.6 Å². The maximum atomic E-state index is 12.0. The maximum absolute atomic E-state index is 12.0. The minimum absolute atomic E-state index is 0.0409. The van der Waals surface area contributed by atoms with E-state index in [0.717, 1.165) is 11.3 Å². The minimum Gasteiger partial charge on any atom is -0.485 e. The number of hydrogen-bond acceptors (Lipinski definition) is 3. The van der Waals surface area contributed by atoms with E-state index in [0.29, 0.717) is 15.1 Å². The Hall–Kier alpha value is -1.32. The van der Waals surface area contributed by atoms with Gasteiger partial charge in [-0.05, 0) is 42.2 Å². The Morgan fingerprint density at radius 3 is 2.65 bits per heavy atom. The predicted molar refractivity (Wildman–Crippen MR) is 84.4 cm³/mol. The number of aryl methyl sites for hydroxylation is 1. The van der Waals surface area contributed by atoms with Crippen molar-refractivity contribution in [2.45, 2.75) is 26.7 Å². The van der Waals surface area contributed by atoms with Crippen LogP contribution in [0.25, 0.3) is 0 Å². The summed E-state index contributed by atoms with van der Waals surface area (Å²) in [4.78, 5) is 12.6. The zero-order chi connectivity index (χ0) is 14.7. The lowest BCUT2D eigenvalue weighted by Crippen LogP contribution is -2.11. The number of ether oxygens (including phenoxy) is 1. The quantitative estimate of drug-likeness (QED) is 0.719. The van der Waals surface area contributed by atoms with E-state index in [-0.39, 0.29) is 12.4 Å². The van der Waals surface area contributed by atoms with Crippen LogP contribution in [0.2, 0.25) is 4.34 Å². The lowest BCUT2D eigenvalue weighted by atomic mass is 10.0. The molecule has 0 saturated carbocycles. The summed E-state index contributed by atoms with van der Waals surface area (Å²) < 4.78 is 6.28. The molecule has 4 heteroatoms. The van der Waals surface area contributed by atoms with E-state index in [1.165, 1.54) is 16.9 Å². The SMILES string of the molecule is Cc1ccc(C(C)C)cc1OCC(=O)c1ccc(Cl)s1. The predicted octanol–water partition coefficient (Wildman–Crippen LogP) is 5.10. The molecule has 0 bridgehead atoms. The summed E-state index contributed by atoms with van der Waals surface area (Å²) in [6, 6.07) is 9.58. The highest BCUT2D eigenvalue weighted by atomic mass is 35.5. The van der Waals surface area contributed by atoms with Gasteiger partial charge in [0.2, 0.25) is 5.78 Å². The number of hydrogen-bond donors (Lipinski definition) is 0. The Kier molecular flexibility index (Phi) is 4.84. The van der Waals surface area contributed by atoms with Gasteiger partial charge in [0, 0.05) is 0 Å². The standard InChI is InChI=1S/C16H17ClO2S/c1-10(2)12-5-4-11(3)14(8-12)19-9-13(18)15-6-7-16(17)20-15/h4-8,10H,9H2,1-3H3. The smallest absolute Gasteiger partial charge is 0.210 e. The third kappa shape index (κ3) is 3.62. The topological polar surface area (TPSA) is 26.3 Å². The van der Waals surface area contributed by atoms with Crippen molar-refractivity contribution in [3.05, 3.63) is 50.7 Å². The van der Waals surface area contributed by atoms with E-state index in [1.54, 1.807) is 12.1 Å². The van der Waals surface area contributed by atoms with E-state index < -0.39 is 0 Å². The maximum Gasteiger partial charge on any atom is 0.210 e. The fourth-order valence-electron chi connectivity index (χ4n) is 1.81. The third-order valence-corrected chi connectivity index (χ3v) is 4.36. The summed E-state index contributed by atoms with van der Waals surface area (Å²) in [6.07, 6.45) is 0. The van der Waals surface area contributed by atoms with Crippen molar-refractivity contribution in [3.8, 4) is 5.75 Å². The molecular weight excluding hydrogens is 292 g/mol. The molecule has 0 fully saturated rings. The van der Waals surface area contributed by atoms with Gasteiger partial charge in [-0.3, -0.25) is 4.79 Å². The van der Waals surface area contributed by atoms with Gasteiger partial charge in [-0.15, -0.1) is 11.3 Å². The highest BCUT2D eigenvalue weighted by molar-refractivity contribution is 7.18. The number of carbonyl (C=O) groups excluding carboxylic acids is 1. The Balaban J connectivity index is 2.07. The van der Waals surface area contributed by atoms with Crippen LogP contribution in [0.5, 0.6) is 5.75 Å². The Labute approximate surface area is 128 Å². The molecule has 0 radical (unpaired) electrons. The van der Waals surface area contributed by atoms with Crippen molar-refractivity contribution in [2.24, 2.45) is 0 Å². The minimum atomic E-state index is -0.0451. The van der Waals surface area contributed by atoms with E-state index in [9.17, 15) is 4.79 Å². The van der Waals surface area contributed by atoms with Crippen LogP contribution < -0.4 is 4.74 Å². The van der Waals surface area contributed by atoms with Crippen LogP contribution >= 0.6 is 22.9 Å². The number of halogens is 1. The van der Waals surface area contributed by atoms with Crippen LogP contribution in [0.15, 0.2) is 30.3 Å². The molecule has 2 rings (SSSR count). The summed E-state index contributed by atoms with van der Waals surface area (Å²) in [7, 11) is 0. The second-order valence-electron chi connectivity index (χ2n) is 5.00. The molecule has 0 atom stereocenters. The number of ketones is 1. The molecule has 106 valence electrons. The normalized spacial score (nSPS) is 10.8. The summed E-state index contributed by atoms with van der Waals surface area (Å²) in [5.74, 6) is 1.16. The van der Waals surface area contributed by atoms with Gasteiger partial charge in [0.05, 0.1) is 9.21 Å². The highest BCUT2D eigenvalue weighted by Gasteiger charge is 2.11. The molecule has 1 aromatic carbocycles. The molecule has 0 N–H and O–H groups in total. The first-order chi connectivity index (χ1) is 9.47. The van der Waals surface area contributed by atoms with Gasteiger partial charge in [-0.25, -0.2) is 0 Å². The molecule has 0 aliphatic heterocycles. The van der Waals surface area contributed by atoms with Crippen LogP contribution in [0, 0.1) is 6.92 Å². The van der Waals surface area contributed by atoms with E-state index in [2.05, 4.69) is 19.9 Å². The molecule has 20 heavy (non-hydrogen) atoms. The third-order valence-electron chi connectivity index (χ3n) is 3.09. The molecular formula is C16H17ClO2S. The second kappa shape index (κ2) is 6.42. The summed E-state index contributed by atoms with van der Waals surface area (Å²) in [6.45, 7) is 6.28. The van der Waals surface area contributed by atoms with Crippen molar-refractivity contribution >= 4 is 28.7 Å². The molecule has 1 aromatic heterocycles. The van der Waals surface area contributed by atoms with Crippen molar-refractivity contribution in [1.29, 1.82) is 0 Å². The molecule has 0 saturated heterocycles. The van der Waals surface area contributed by atoms with Gasteiger partial charge in [-0.2, -0.15) is 0 Å². The van der Waals surface area contributed by atoms with Gasteiger partial charge < -0.3 is 4.74 Å². The van der Waals surface area contributed by atoms with E-state index in [4.69, 9.17) is 16.3 Å². The van der Waals surface area contributed by atoms with Crippen LogP contribution in [0.3, 0.4) is 0 Å². The van der Waals surface area contributed by atoms with Crippen LogP contribution in [-0.2, 0) is 0 Å². The first-order valence-corrected chi connectivity index (χ1v) is 7.68. The average Bonchev–Trinajstić information content (AvgIpc) is 2.84. The summed E-state index contributed by atoms with van der Waals surface area (Å²) in [5, 5.41) is 0. The number of Topliss-reactive ketones (excluding diaryl/α,β-unsaturated/α-hetero) is 1. The Morgan fingerprint density at radius 2 is 2.05 bits per heavy atom. The first kappa shape index (κ1) is 15.1. The molecule has 1 heterocycles. The van der Waals surface area contributed by atoms with Crippen molar-refractivity contribution in [3.63, 3.8) is 0 Å². The molecule has 0 aliphatic carbocycles. The summed E-state index contributed by atoms with van der Waals surface area (Å²) in [5.41, 5.74) is 2.24. The lowest BCUT2D eigenvalue weighted by molar-refractivity contribution is 0.0925. The number of rotatable bonds is 5. The highest BCUT2D eigenvalue weighted by Crippen LogP contribution is 2.25. The molecule has 2 aromatic rings. The molecule has 0 unspecified atom stereocenters. The average molecular weight is 309 g/mol. The molecule has 0 aliphatic rings. The second-order valence-corrected chi connectivity index (χ2v) is 6.71. The van der Waals surface area contributed by atoms with Crippen molar-refractivity contribution < 1.29 is 9.53 Å². The largest absolute Gasteiger partial charge is 0.485 e. The molecule has 2 nitrogen and oxygen atoms in total. The lowest BCUT2D eigenvalue weighted by Gasteiger charge is -2.12. The van der Waals surface area contributed by atoms with Crippen LogP contribution in [0.1, 0.15) is 40.6 Å². The molecule has 0 spiro atoms. The van der Waals surface area contributed by atoms with E-state index >= 15 is 0 Å². The first-order valence-electron chi connectivity index (χ1n) is 6.49. The number of thiophene rings is 1. The van der Waals surface area contributed by atoms with Gasteiger partial charge in [0.1, 0.15) is 5.75 Å². The number of benzene rings is 1. The zero-order valence-electron chi connectivity index (χ0n) is 11.8. The van der Waals surface area contributed by atoms with Crippen LogP contribution in [-0.4, -0.2) is 12.4 Å². The Bertz CT molecular complexity index is 617. The van der Waals surface area contributed by atoms with Crippen LogP contribution in [0.4, 0.5) is 0 Å². The van der Waals surface area contributed by atoms with Gasteiger partial charge in [0.25, 0.3) is 0 Å². The van der Waals surface area contributed by atoms with Crippen molar-refractivity contribution in [1.82, 2.24) is 0 Å². The molecule has 0 amide bonds. The number of carbonyl (C=O) groups is 1. The fourth-order valence-corrected chi connectivity index (χ4v) is 2.78. The zero-order valence-corrected chi connectivity index (χ0v) is 13.3. The fraction of sp³-hybridized carbons (Fsp3) is 0.312. The summed E-state index contributed by atoms with van der Waals surface area (Å²) >= 11 is 7.11. The monoisotopic (exact) mass is 308 g/mol. The van der Waals surface area contributed by atoms with Gasteiger partial charge >= 0.3 is 0 Å².